The molecule has 0 radical (unpaired) electrons. The highest BCUT2D eigenvalue weighted by molar-refractivity contribution is 6.08. The minimum Gasteiger partial charge on any atom is -0.503 e. The van der Waals surface area contributed by atoms with Crippen molar-refractivity contribution in [3.05, 3.63) is 94.9 Å². The molecule has 0 unspecified atom stereocenters. The van der Waals surface area contributed by atoms with E-state index < -0.39 is 48.1 Å². The number of carbonyl (C=O) groups is 2. The highest BCUT2D eigenvalue weighted by atomic mass is 19.4. The first-order valence-electron chi connectivity index (χ1n) is 11.2. The Kier molecular flexibility index (Phi) is 6.46. The van der Waals surface area contributed by atoms with Crippen LogP contribution in [0.4, 0.5) is 13.2 Å². The summed E-state index contributed by atoms with van der Waals surface area (Å²) in [7, 11) is 1.46. The van der Waals surface area contributed by atoms with Gasteiger partial charge in [-0.25, -0.2) is 0 Å². The van der Waals surface area contributed by atoms with Crippen LogP contribution >= 0.6 is 0 Å². The molecule has 1 aliphatic heterocycles. The van der Waals surface area contributed by atoms with Gasteiger partial charge in [0.15, 0.2) is 11.5 Å². The van der Waals surface area contributed by atoms with E-state index in [9.17, 15) is 27.9 Å². The van der Waals surface area contributed by atoms with Gasteiger partial charge in [-0.15, -0.1) is 0 Å². The Morgan fingerprint density at radius 3 is 2.09 bits per heavy atom. The van der Waals surface area contributed by atoms with Gasteiger partial charge in [0.05, 0.1) is 12.7 Å². The number of carbonyl (C=O) groups excluding carboxylic acids is 2. The third kappa shape index (κ3) is 4.32. The van der Waals surface area contributed by atoms with Gasteiger partial charge in [0.25, 0.3) is 5.91 Å². The van der Waals surface area contributed by atoms with E-state index in [0.717, 1.165) is 48.1 Å². The van der Waals surface area contributed by atoms with E-state index in [1.165, 1.54) is 12.1 Å². The fourth-order valence-corrected chi connectivity index (χ4v) is 4.73. The summed E-state index contributed by atoms with van der Waals surface area (Å²) >= 11 is 0. The van der Waals surface area contributed by atoms with E-state index in [2.05, 4.69) is 6.58 Å². The molecule has 1 heterocycles. The average Bonchev–Trinajstić information content (AvgIpc) is 3.00. The molecular weight excluding hydrogens is 459 g/mol. The molecule has 0 bridgehead atoms. The summed E-state index contributed by atoms with van der Waals surface area (Å²) in [6, 6.07) is 12.6. The summed E-state index contributed by atoms with van der Waals surface area (Å²) in [6.07, 6.45) is -2.41. The van der Waals surface area contributed by atoms with E-state index in [1.54, 1.807) is 5.01 Å². The van der Waals surface area contributed by atoms with E-state index in [0.29, 0.717) is 4.90 Å². The Morgan fingerprint density at radius 1 is 1.09 bits per heavy atom. The Morgan fingerprint density at radius 2 is 1.60 bits per heavy atom. The number of amides is 1. The van der Waals surface area contributed by atoms with Gasteiger partial charge in [-0.2, -0.15) is 18.2 Å². The van der Waals surface area contributed by atoms with E-state index in [1.807, 2.05) is 48.5 Å². The number of benzene rings is 2. The number of halogens is 3. The van der Waals surface area contributed by atoms with Crippen LogP contribution in [0.3, 0.4) is 0 Å². The maximum absolute atomic E-state index is 13.8. The predicted octanol–water partition coefficient (Wildman–Crippen LogP) is 4.30. The fraction of sp³-hybridized carbons (Fsp3) is 0.308. The molecule has 0 spiro atoms. The summed E-state index contributed by atoms with van der Waals surface area (Å²) in [4.78, 5) is 26.1. The number of aliphatic hydroxyl groups is 1. The summed E-state index contributed by atoms with van der Waals surface area (Å²) in [5.74, 6) is -2.99. The number of allylic oxidation sites excluding steroid dienone is 1. The van der Waals surface area contributed by atoms with Gasteiger partial charge in [0.2, 0.25) is 5.78 Å². The molecule has 1 aliphatic carbocycles. The van der Waals surface area contributed by atoms with Crippen molar-refractivity contribution in [2.24, 2.45) is 0 Å². The van der Waals surface area contributed by atoms with Gasteiger partial charge >= 0.3 is 6.18 Å². The fourth-order valence-electron chi connectivity index (χ4n) is 4.73. The molecule has 1 atom stereocenters. The highest BCUT2D eigenvalue weighted by Gasteiger charge is 2.49. The van der Waals surface area contributed by atoms with Gasteiger partial charge in [-0.3, -0.25) is 14.6 Å². The molecular formula is C26H26F3N3O3. The van der Waals surface area contributed by atoms with Crippen molar-refractivity contribution in [2.75, 3.05) is 13.7 Å². The smallest absolute Gasteiger partial charge is 0.408 e. The van der Waals surface area contributed by atoms with Crippen LogP contribution in [0.15, 0.2) is 72.6 Å². The van der Waals surface area contributed by atoms with Crippen molar-refractivity contribution in [2.45, 2.75) is 38.0 Å². The van der Waals surface area contributed by atoms with Crippen molar-refractivity contribution < 1.29 is 27.9 Å². The number of hydrazine groups is 1. The monoisotopic (exact) mass is 485 g/mol. The zero-order valence-electron chi connectivity index (χ0n) is 19.4. The Hall–Kier alpha value is -3.59. The summed E-state index contributed by atoms with van der Waals surface area (Å²) in [5, 5.41) is 13.5. The van der Waals surface area contributed by atoms with Crippen LogP contribution in [0, 0.1) is 0 Å². The lowest BCUT2D eigenvalue weighted by atomic mass is 9.94. The summed E-state index contributed by atoms with van der Waals surface area (Å²) < 4.78 is 41.3. The van der Waals surface area contributed by atoms with Crippen LogP contribution in [-0.4, -0.2) is 57.6 Å². The number of hydrogen-bond acceptors (Lipinski definition) is 5. The van der Waals surface area contributed by atoms with Gasteiger partial charge < -0.3 is 10.0 Å². The lowest BCUT2D eigenvalue weighted by molar-refractivity contribution is -0.205. The number of ketones is 1. The van der Waals surface area contributed by atoms with Gasteiger partial charge in [-0.05, 0) is 48.1 Å². The second kappa shape index (κ2) is 9.22. The number of alkyl halides is 3. The molecule has 1 amide bonds. The quantitative estimate of drug-likeness (QED) is 0.517. The maximum Gasteiger partial charge on any atom is 0.408 e. The van der Waals surface area contributed by atoms with Crippen molar-refractivity contribution in [1.82, 2.24) is 14.9 Å². The molecule has 2 aliphatic rings. The Labute approximate surface area is 201 Å². The second-order valence-corrected chi connectivity index (χ2v) is 8.66. The van der Waals surface area contributed by atoms with Crippen LogP contribution in [-0.2, 0) is 22.4 Å². The van der Waals surface area contributed by atoms with E-state index in [4.69, 9.17) is 0 Å². The molecule has 0 aromatic heterocycles. The predicted molar refractivity (Wildman–Crippen MR) is 124 cm³/mol. The third-order valence-corrected chi connectivity index (χ3v) is 6.72. The lowest BCUT2D eigenvalue weighted by Gasteiger charge is -2.49. The molecule has 1 N–H and O–H groups in total. The van der Waals surface area contributed by atoms with Crippen LogP contribution in [0.2, 0.25) is 0 Å². The average molecular weight is 486 g/mol. The van der Waals surface area contributed by atoms with Crippen molar-refractivity contribution in [3.8, 4) is 0 Å². The number of hydrogen-bond donors (Lipinski definition) is 1. The standard InChI is InChI=1S/C26H26F3N3O3/c1-4-21(33)24(34)23-25(35)31(16(2)26(27,28)29)15-32(30(23)3)22-19-11-7-5-9-17(19)13-14-18-10-6-8-12-20(18)22/h4-12,16,22,34H,1,13-15H2,2-3H3/b24-23+/t16-/m1/s1. The minimum atomic E-state index is -4.71. The van der Waals surface area contributed by atoms with E-state index >= 15 is 0 Å². The first-order chi connectivity index (χ1) is 16.6. The van der Waals surface area contributed by atoms with Crippen LogP contribution in [0.1, 0.15) is 35.2 Å². The molecule has 9 heteroatoms. The zero-order valence-corrected chi connectivity index (χ0v) is 19.4. The van der Waals surface area contributed by atoms with Crippen LogP contribution in [0.5, 0.6) is 0 Å². The number of aryl methyl sites for hydroxylation is 2. The summed E-state index contributed by atoms with van der Waals surface area (Å²) in [5.41, 5.74) is 3.30. The van der Waals surface area contributed by atoms with Crippen LogP contribution in [0.25, 0.3) is 0 Å². The van der Waals surface area contributed by atoms with Crippen molar-refractivity contribution in [1.29, 1.82) is 0 Å². The Bertz CT molecular complexity index is 1160. The largest absolute Gasteiger partial charge is 0.503 e. The van der Waals surface area contributed by atoms with Crippen molar-refractivity contribution >= 4 is 11.7 Å². The molecule has 4 rings (SSSR count). The molecule has 2 aromatic rings. The van der Waals surface area contributed by atoms with Gasteiger partial charge in [-0.1, -0.05) is 55.1 Å². The number of rotatable bonds is 4. The number of fused-ring (bicyclic) bond motifs is 2. The minimum absolute atomic E-state index is 0.400. The maximum atomic E-state index is 13.8. The normalized spacial score (nSPS) is 19.5. The molecule has 184 valence electrons. The molecule has 1 saturated heterocycles. The number of aliphatic hydroxyl groups excluding tert-OH is 1. The third-order valence-electron chi connectivity index (χ3n) is 6.72. The molecule has 2 aromatic carbocycles. The van der Waals surface area contributed by atoms with Crippen molar-refractivity contribution in [3.63, 3.8) is 0 Å². The first kappa shape index (κ1) is 24.5. The van der Waals surface area contributed by atoms with Crippen LogP contribution < -0.4 is 0 Å². The molecule has 0 saturated carbocycles. The molecule has 1 fully saturated rings. The molecule has 35 heavy (non-hydrogen) atoms. The van der Waals surface area contributed by atoms with Gasteiger partial charge in [0, 0.05) is 7.05 Å². The first-order valence-corrected chi connectivity index (χ1v) is 11.2. The SMILES string of the molecule is C=CC(=O)/C(O)=C1/C(=O)N([C@H](C)C(F)(F)F)CN(C2c3ccccc3CCc3ccccc32)N1C. The molecule has 6 nitrogen and oxygen atoms in total. The number of nitrogens with zero attached hydrogens (tertiary/aromatic N) is 3. The number of likely N-dealkylation sites (N-methyl/N-ethyl adjacent to an activating group) is 1. The zero-order chi connectivity index (χ0) is 25.5. The Balaban J connectivity index is 1.94. The van der Waals surface area contributed by atoms with E-state index in [-0.39, 0.29) is 0 Å². The highest BCUT2D eigenvalue weighted by Crippen LogP contribution is 2.41. The summed E-state index contributed by atoms with van der Waals surface area (Å²) in [6.45, 7) is 3.81. The lowest BCUT2D eigenvalue weighted by Crippen LogP contribution is -2.62. The topological polar surface area (TPSA) is 64.1 Å². The van der Waals surface area contributed by atoms with Gasteiger partial charge in [0.1, 0.15) is 6.04 Å². The second-order valence-electron chi connectivity index (χ2n) is 8.66.